The molecule has 2 aliphatic rings. The maximum absolute atomic E-state index is 12.3. The number of nitrogens with one attached hydrogen (secondary N) is 1. The van der Waals surface area contributed by atoms with Gasteiger partial charge in [0.25, 0.3) is 0 Å². The van der Waals surface area contributed by atoms with Crippen molar-refractivity contribution < 1.29 is 14.3 Å². The van der Waals surface area contributed by atoms with Crippen LogP contribution in [0, 0.1) is 11.8 Å². The molecule has 1 N–H and O–H groups in total. The van der Waals surface area contributed by atoms with Crippen molar-refractivity contribution in [2.75, 3.05) is 31.6 Å². The van der Waals surface area contributed by atoms with E-state index in [0.29, 0.717) is 48.5 Å². The van der Waals surface area contributed by atoms with E-state index in [0.717, 1.165) is 0 Å². The number of halogens is 2. The first-order valence-corrected chi connectivity index (χ1v) is 7.94. The first-order valence-electron chi connectivity index (χ1n) is 7.18. The zero-order valence-electron chi connectivity index (χ0n) is 11.9. The lowest BCUT2D eigenvalue weighted by atomic mass is 10.2. The lowest BCUT2D eigenvalue weighted by Gasteiger charge is -2.27. The quantitative estimate of drug-likeness (QED) is 0.917. The third-order valence-electron chi connectivity index (χ3n) is 3.95. The molecule has 118 valence electrons. The van der Waals surface area contributed by atoms with Gasteiger partial charge in [-0.05, 0) is 24.6 Å². The summed E-state index contributed by atoms with van der Waals surface area (Å²) < 4.78 is 5.23. The van der Waals surface area contributed by atoms with Crippen LogP contribution in [0.1, 0.15) is 6.42 Å². The van der Waals surface area contributed by atoms with Gasteiger partial charge in [0.1, 0.15) is 0 Å². The third-order valence-corrected chi connectivity index (χ3v) is 4.69. The summed E-state index contributed by atoms with van der Waals surface area (Å²) in [4.78, 5) is 26.2. The maximum atomic E-state index is 12.3. The normalized spacial score (nSPS) is 24.0. The Bertz CT molecular complexity index is 602. The molecule has 0 radical (unpaired) electrons. The van der Waals surface area contributed by atoms with Gasteiger partial charge in [-0.3, -0.25) is 9.59 Å². The molecular weight excluding hydrogens is 327 g/mol. The summed E-state index contributed by atoms with van der Waals surface area (Å²) >= 11 is 11.8. The molecule has 0 bridgehead atoms. The molecule has 1 aromatic rings. The molecule has 7 heteroatoms. The van der Waals surface area contributed by atoms with Crippen LogP contribution in [-0.4, -0.2) is 43.0 Å². The summed E-state index contributed by atoms with van der Waals surface area (Å²) in [5, 5.41) is 3.60. The van der Waals surface area contributed by atoms with Crippen molar-refractivity contribution in [2.24, 2.45) is 11.8 Å². The summed E-state index contributed by atoms with van der Waals surface area (Å²) in [6.45, 7) is 2.35. The molecule has 2 unspecified atom stereocenters. The molecule has 1 saturated carbocycles. The Kier molecular flexibility index (Phi) is 4.57. The van der Waals surface area contributed by atoms with E-state index in [4.69, 9.17) is 27.9 Å². The first-order chi connectivity index (χ1) is 10.6. The Morgan fingerprint density at radius 3 is 2.55 bits per heavy atom. The van der Waals surface area contributed by atoms with Gasteiger partial charge in [0.05, 0.1) is 35.1 Å². The number of morpholine rings is 1. The fourth-order valence-electron chi connectivity index (χ4n) is 2.58. The fourth-order valence-corrected chi connectivity index (χ4v) is 2.88. The molecule has 2 amide bonds. The lowest BCUT2D eigenvalue weighted by molar-refractivity contribution is -0.137. The van der Waals surface area contributed by atoms with E-state index in [2.05, 4.69) is 5.32 Å². The monoisotopic (exact) mass is 342 g/mol. The van der Waals surface area contributed by atoms with Gasteiger partial charge in [0.15, 0.2) is 0 Å². The van der Waals surface area contributed by atoms with Gasteiger partial charge < -0.3 is 15.0 Å². The van der Waals surface area contributed by atoms with Crippen LogP contribution < -0.4 is 5.32 Å². The van der Waals surface area contributed by atoms with Crippen molar-refractivity contribution in [3.8, 4) is 0 Å². The van der Waals surface area contributed by atoms with Crippen molar-refractivity contribution in [1.82, 2.24) is 4.90 Å². The van der Waals surface area contributed by atoms with Crippen LogP contribution in [0.15, 0.2) is 18.2 Å². The topological polar surface area (TPSA) is 58.6 Å². The lowest BCUT2D eigenvalue weighted by Crippen LogP contribution is -2.42. The number of carbonyl (C=O) groups excluding carboxylic acids is 2. The third kappa shape index (κ3) is 3.37. The smallest absolute Gasteiger partial charge is 0.228 e. The van der Waals surface area contributed by atoms with Crippen LogP contribution in [0.3, 0.4) is 0 Å². The minimum absolute atomic E-state index is 0.0533. The number of ether oxygens (including phenoxy) is 1. The summed E-state index contributed by atoms with van der Waals surface area (Å²) in [7, 11) is 0. The molecule has 1 aliphatic heterocycles. The van der Waals surface area contributed by atoms with Gasteiger partial charge in [0, 0.05) is 18.8 Å². The minimum atomic E-state index is -0.259. The van der Waals surface area contributed by atoms with Crippen molar-refractivity contribution in [3.05, 3.63) is 28.2 Å². The average molecular weight is 343 g/mol. The summed E-state index contributed by atoms with van der Waals surface area (Å²) in [5.41, 5.74) is 0.587. The molecule has 5 nitrogen and oxygen atoms in total. The second-order valence-corrected chi connectivity index (χ2v) is 6.32. The Morgan fingerprint density at radius 1 is 1.14 bits per heavy atom. The molecule has 0 aromatic heterocycles. The summed E-state index contributed by atoms with van der Waals surface area (Å²) in [5.74, 6) is -0.562. The Balaban J connectivity index is 1.55. The van der Waals surface area contributed by atoms with Crippen molar-refractivity contribution in [3.63, 3.8) is 0 Å². The van der Waals surface area contributed by atoms with Gasteiger partial charge in [-0.15, -0.1) is 0 Å². The predicted molar refractivity (Wildman–Crippen MR) is 84.1 cm³/mol. The van der Waals surface area contributed by atoms with Crippen molar-refractivity contribution >= 4 is 40.7 Å². The molecule has 1 aromatic carbocycles. The zero-order chi connectivity index (χ0) is 15.7. The van der Waals surface area contributed by atoms with Crippen molar-refractivity contribution in [2.45, 2.75) is 6.42 Å². The molecule has 1 aliphatic carbocycles. The number of benzene rings is 1. The molecule has 22 heavy (non-hydrogen) atoms. The van der Waals surface area contributed by atoms with E-state index in [1.165, 1.54) is 0 Å². The number of amides is 2. The van der Waals surface area contributed by atoms with Gasteiger partial charge >= 0.3 is 0 Å². The van der Waals surface area contributed by atoms with Gasteiger partial charge in [-0.1, -0.05) is 23.2 Å². The highest BCUT2D eigenvalue weighted by Gasteiger charge is 2.49. The Morgan fingerprint density at radius 2 is 1.86 bits per heavy atom. The standard InChI is InChI=1S/C15H16Cl2N2O3/c16-12-2-1-9(7-13(12)17)18-14(20)10-8-11(10)15(21)19-3-5-22-6-4-19/h1-2,7,10-11H,3-6,8H2,(H,18,20). The van der Waals surface area contributed by atoms with Gasteiger partial charge in [-0.25, -0.2) is 0 Å². The second kappa shape index (κ2) is 6.44. The average Bonchev–Trinajstić information content (AvgIpc) is 3.32. The number of carbonyl (C=O) groups is 2. The SMILES string of the molecule is O=C(Nc1ccc(Cl)c(Cl)c1)C1CC1C(=O)N1CCOCC1. The highest BCUT2D eigenvalue weighted by molar-refractivity contribution is 6.42. The molecule has 3 rings (SSSR count). The maximum Gasteiger partial charge on any atom is 0.228 e. The van der Waals surface area contributed by atoms with Gasteiger partial charge in [0.2, 0.25) is 11.8 Å². The van der Waals surface area contributed by atoms with E-state index in [9.17, 15) is 9.59 Å². The number of hydrogen-bond acceptors (Lipinski definition) is 3. The first kappa shape index (κ1) is 15.6. The highest BCUT2D eigenvalue weighted by Crippen LogP contribution is 2.41. The Labute approximate surface area is 138 Å². The van der Waals surface area contributed by atoms with Crippen LogP contribution in [0.25, 0.3) is 0 Å². The van der Waals surface area contributed by atoms with Crippen LogP contribution in [0.2, 0.25) is 10.0 Å². The van der Waals surface area contributed by atoms with Crippen LogP contribution in [0.5, 0.6) is 0 Å². The van der Waals surface area contributed by atoms with Crippen LogP contribution in [-0.2, 0) is 14.3 Å². The number of nitrogens with zero attached hydrogens (tertiary/aromatic N) is 1. The number of hydrogen-bond donors (Lipinski definition) is 1. The minimum Gasteiger partial charge on any atom is -0.378 e. The highest BCUT2D eigenvalue weighted by atomic mass is 35.5. The van der Waals surface area contributed by atoms with Gasteiger partial charge in [-0.2, -0.15) is 0 Å². The zero-order valence-corrected chi connectivity index (χ0v) is 13.4. The van der Waals surface area contributed by atoms with E-state index >= 15 is 0 Å². The van der Waals surface area contributed by atoms with E-state index in [-0.39, 0.29) is 23.7 Å². The fraction of sp³-hybridized carbons (Fsp3) is 0.467. The Hall–Kier alpha value is -1.30. The number of anilines is 1. The van der Waals surface area contributed by atoms with E-state index in [1.54, 1.807) is 23.1 Å². The molecule has 1 heterocycles. The number of rotatable bonds is 3. The predicted octanol–water partition coefficient (Wildman–Crippen LogP) is 2.43. The molecule has 0 spiro atoms. The molecule has 1 saturated heterocycles. The summed E-state index contributed by atoms with van der Waals surface area (Å²) in [6, 6.07) is 4.92. The second-order valence-electron chi connectivity index (χ2n) is 5.50. The summed E-state index contributed by atoms with van der Waals surface area (Å²) in [6.07, 6.45) is 0.601. The van der Waals surface area contributed by atoms with E-state index < -0.39 is 0 Å². The van der Waals surface area contributed by atoms with Crippen LogP contribution >= 0.6 is 23.2 Å². The molecule has 2 atom stereocenters. The molecular formula is C15H16Cl2N2O3. The van der Waals surface area contributed by atoms with Crippen molar-refractivity contribution in [1.29, 1.82) is 0 Å². The van der Waals surface area contributed by atoms with E-state index in [1.807, 2.05) is 0 Å². The molecule has 2 fully saturated rings. The largest absolute Gasteiger partial charge is 0.378 e. The van der Waals surface area contributed by atoms with Crippen LogP contribution in [0.4, 0.5) is 5.69 Å².